The number of ether oxygens (including phenoxy) is 1. The summed E-state index contributed by atoms with van der Waals surface area (Å²) in [6.45, 7) is 5.27. The first-order valence-electron chi connectivity index (χ1n) is 6.57. The highest BCUT2D eigenvalue weighted by atomic mass is 16.6. The fourth-order valence-corrected chi connectivity index (χ4v) is 1.61. The maximum absolute atomic E-state index is 11.7. The van der Waals surface area contributed by atoms with Crippen LogP contribution in [-0.4, -0.2) is 27.7 Å². The average Bonchev–Trinajstić information content (AvgIpc) is 2.85. The molecule has 1 amide bonds. The number of carbonyl (C=O) groups excluding carboxylic acids is 1. The van der Waals surface area contributed by atoms with Crippen molar-refractivity contribution >= 4 is 17.6 Å². The molecule has 1 heterocycles. The quantitative estimate of drug-likeness (QED) is 0.661. The number of benzene rings is 1. The third-order valence-corrected chi connectivity index (χ3v) is 2.44. The van der Waals surface area contributed by atoms with E-state index in [1.807, 2.05) is 18.2 Å². The molecule has 1 aromatic carbocycles. The van der Waals surface area contributed by atoms with Crippen LogP contribution in [0.3, 0.4) is 0 Å². The van der Waals surface area contributed by atoms with Gasteiger partial charge in [-0.2, -0.15) is 5.10 Å². The second-order valence-electron chi connectivity index (χ2n) is 5.44. The Morgan fingerprint density at radius 3 is 2.50 bits per heavy atom. The lowest BCUT2D eigenvalue weighted by molar-refractivity contribution is 0.0529. The van der Waals surface area contributed by atoms with Crippen molar-refractivity contribution in [2.24, 2.45) is 5.10 Å². The van der Waals surface area contributed by atoms with Crippen LogP contribution >= 0.6 is 0 Å². The van der Waals surface area contributed by atoms with Crippen LogP contribution in [0.25, 0.3) is 0 Å². The summed E-state index contributed by atoms with van der Waals surface area (Å²) >= 11 is 0. The number of hydrogen-bond donors (Lipinski definition) is 2. The topological polar surface area (TPSA) is 116 Å². The molecular formula is C14H17N5O3. The molecule has 0 saturated heterocycles. The molecule has 0 aliphatic heterocycles. The molecular weight excluding hydrogens is 286 g/mol. The number of nitrogens with one attached hydrogen (secondary N) is 1. The molecule has 116 valence electrons. The maximum atomic E-state index is 11.7. The number of amides is 1. The molecule has 0 unspecified atom stereocenters. The number of hydrogen-bond acceptors (Lipinski definition) is 7. The predicted octanol–water partition coefficient (Wildman–Crippen LogP) is 1.93. The first-order valence-corrected chi connectivity index (χ1v) is 6.57. The van der Waals surface area contributed by atoms with E-state index < -0.39 is 11.7 Å². The minimum atomic E-state index is -0.684. The van der Waals surface area contributed by atoms with Crippen molar-refractivity contribution in [1.82, 2.24) is 15.7 Å². The van der Waals surface area contributed by atoms with Gasteiger partial charge in [0.15, 0.2) is 11.5 Å². The molecule has 0 spiro atoms. The highest BCUT2D eigenvalue weighted by molar-refractivity contribution is 6.14. The van der Waals surface area contributed by atoms with Crippen LogP contribution < -0.4 is 11.2 Å². The number of hydrazone groups is 1. The van der Waals surface area contributed by atoms with Gasteiger partial charge in [0.2, 0.25) is 0 Å². The van der Waals surface area contributed by atoms with Crippen LogP contribution in [-0.2, 0) is 4.74 Å². The zero-order valence-corrected chi connectivity index (χ0v) is 12.5. The summed E-state index contributed by atoms with van der Waals surface area (Å²) in [5.41, 5.74) is 8.64. The summed E-state index contributed by atoms with van der Waals surface area (Å²) in [5, 5.41) is 11.3. The Bertz CT molecular complexity index is 673. The molecule has 0 atom stereocenters. The van der Waals surface area contributed by atoms with Crippen molar-refractivity contribution in [3.8, 4) is 0 Å². The summed E-state index contributed by atoms with van der Waals surface area (Å²) in [4.78, 5) is 11.7. The Morgan fingerprint density at radius 1 is 1.27 bits per heavy atom. The smallest absolute Gasteiger partial charge is 0.428 e. The first-order chi connectivity index (χ1) is 10.4. The SMILES string of the molecule is CC(C)(C)OC(=O)N/N=C(\c1ccccc1)c1nonc1N. The van der Waals surface area contributed by atoms with Gasteiger partial charge >= 0.3 is 6.09 Å². The molecule has 8 nitrogen and oxygen atoms in total. The van der Waals surface area contributed by atoms with Gasteiger partial charge in [-0.05, 0) is 31.1 Å². The van der Waals surface area contributed by atoms with Crippen LogP contribution in [0, 0.1) is 0 Å². The summed E-state index contributed by atoms with van der Waals surface area (Å²) in [6, 6.07) is 9.09. The van der Waals surface area contributed by atoms with Gasteiger partial charge in [-0.1, -0.05) is 30.3 Å². The highest BCUT2D eigenvalue weighted by Gasteiger charge is 2.19. The van der Waals surface area contributed by atoms with Crippen LogP contribution in [0.15, 0.2) is 40.1 Å². The number of nitrogen functional groups attached to an aromatic ring is 1. The van der Waals surface area contributed by atoms with Crippen molar-refractivity contribution in [3.05, 3.63) is 41.6 Å². The van der Waals surface area contributed by atoms with Crippen molar-refractivity contribution < 1.29 is 14.2 Å². The second-order valence-corrected chi connectivity index (χ2v) is 5.44. The fraction of sp³-hybridized carbons (Fsp3) is 0.286. The second kappa shape index (κ2) is 6.25. The number of nitrogens with two attached hydrogens (primary N) is 1. The summed E-state index contributed by atoms with van der Waals surface area (Å²) in [6.07, 6.45) is -0.684. The zero-order chi connectivity index (χ0) is 16.2. The fourth-order valence-electron chi connectivity index (χ4n) is 1.61. The van der Waals surface area contributed by atoms with E-state index in [9.17, 15) is 4.79 Å². The van der Waals surface area contributed by atoms with Gasteiger partial charge < -0.3 is 10.5 Å². The van der Waals surface area contributed by atoms with E-state index in [4.69, 9.17) is 10.5 Å². The number of aromatic nitrogens is 2. The summed E-state index contributed by atoms with van der Waals surface area (Å²) in [5.74, 6) is 0.0774. The van der Waals surface area contributed by atoms with Crippen molar-refractivity contribution in [2.75, 3.05) is 5.73 Å². The van der Waals surface area contributed by atoms with Crippen LogP contribution in [0.4, 0.5) is 10.6 Å². The van der Waals surface area contributed by atoms with Crippen LogP contribution in [0.2, 0.25) is 0 Å². The molecule has 0 fully saturated rings. The molecule has 0 aliphatic carbocycles. The minimum absolute atomic E-state index is 0.0774. The molecule has 22 heavy (non-hydrogen) atoms. The lowest BCUT2D eigenvalue weighted by Crippen LogP contribution is -2.30. The van der Waals surface area contributed by atoms with Gasteiger partial charge in [-0.15, -0.1) is 0 Å². The standard InChI is InChI=1S/C14H17N5O3/c1-14(2,3)21-13(20)17-16-10(9-7-5-4-6-8-9)11-12(15)19-22-18-11/h4-8H,1-3H3,(H2,15,19)(H,17,20)/b16-10+. The van der Waals surface area contributed by atoms with E-state index in [-0.39, 0.29) is 11.5 Å². The first kappa shape index (κ1) is 15.5. The molecule has 8 heteroatoms. The van der Waals surface area contributed by atoms with E-state index in [0.717, 1.165) is 0 Å². The van der Waals surface area contributed by atoms with Crippen LogP contribution in [0.5, 0.6) is 0 Å². The molecule has 0 bridgehead atoms. The van der Waals surface area contributed by atoms with E-state index in [2.05, 4.69) is 25.5 Å². The van der Waals surface area contributed by atoms with E-state index in [0.29, 0.717) is 11.3 Å². The van der Waals surface area contributed by atoms with Gasteiger partial charge in [-0.25, -0.2) is 14.8 Å². The van der Waals surface area contributed by atoms with Gasteiger partial charge in [0.25, 0.3) is 0 Å². The molecule has 3 N–H and O–H groups in total. The normalized spacial score (nSPS) is 12.0. The molecule has 0 saturated carbocycles. The number of carbonyl (C=O) groups is 1. The molecule has 0 radical (unpaired) electrons. The maximum Gasteiger partial charge on any atom is 0.428 e. The Hall–Kier alpha value is -2.90. The van der Waals surface area contributed by atoms with E-state index in [1.165, 1.54) is 0 Å². The van der Waals surface area contributed by atoms with Crippen LogP contribution in [0.1, 0.15) is 32.0 Å². The Morgan fingerprint density at radius 2 is 1.95 bits per heavy atom. The Balaban J connectivity index is 2.28. The Kier molecular flexibility index (Phi) is 4.40. The van der Waals surface area contributed by atoms with Gasteiger partial charge in [-0.3, -0.25) is 0 Å². The predicted molar refractivity (Wildman–Crippen MR) is 80.2 cm³/mol. The van der Waals surface area contributed by atoms with Gasteiger partial charge in [0.05, 0.1) is 0 Å². The zero-order valence-electron chi connectivity index (χ0n) is 12.5. The number of anilines is 1. The van der Waals surface area contributed by atoms with Gasteiger partial charge in [0.1, 0.15) is 11.3 Å². The average molecular weight is 303 g/mol. The van der Waals surface area contributed by atoms with E-state index >= 15 is 0 Å². The third-order valence-electron chi connectivity index (χ3n) is 2.44. The third kappa shape index (κ3) is 4.05. The van der Waals surface area contributed by atoms with Gasteiger partial charge in [0, 0.05) is 5.56 Å². The Labute approximate surface area is 127 Å². The largest absolute Gasteiger partial charge is 0.443 e. The lowest BCUT2D eigenvalue weighted by Gasteiger charge is -2.18. The summed E-state index contributed by atoms with van der Waals surface area (Å²) < 4.78 is 9.71. The van der Waals surface area contributed by atoms with Crippen molar-refractivity contribution in [3.63, 3.8) is 0 Å². The molecule has 0 aliphatic rings. The number of nitrogens with zero attached hydrogens (tertiary/aromatic N) is 3. The molecule has 1 aromatic heterocycles. The highest BCUT2D eigenvalue weighted by Crippen LogP contribution is 2.13. The van der Waals surface area contributed by atoms with Crippen molar-refractivity contribution in [1.29, 1.82) is 0 Å². The molecule has 2 rings (SSSR count). The molecule has 2 aromatic rings. The minimum Gasteiger partial charge on any atom is -0.443 e. The summed E-state index contributed by atoms with van der Waals surface area (Å²) in [7, 11) is 0. The number of rotatable bonds is 3. The van der Waals surface area contributed by atoms with E-state index in [1.54, 1.807) is 32.9 Å². The lowest BCUT2D eigenvalue weighted by atomic mass is 10.1. The monoisotopic (exact) mass is 303 g/mol. The van der Waals surface area contributed by atoms with Crippen molar-refractivity contribution in [2.45, 2.75) is 26.4 Å².